The minimum absolute atomic E-state index is 0.117. The number of carbonyl (C=O) groups excluding carboxylic acids is 2. The molecule has 1 fully saturated rings. The number of nitrogens with zero attached hydrogens (tertiary/aromatic N) is 1. The molecule has 2 aliphatic heterocycles. The van der Waals surface area contributed by atoms with Crippen LogP contribution in [0.15, 0.2) is 54.6 Å². The van der Waals surface area contributed by atoms with E-state index in [1.807, 2.05) is 50.2 Å². The van der Waals surface area contributed by atoms with Crippen LogP contribution in [0.3, 0.4) is 0 Å². The summed E-state index contributed by atoms with van der Waals surface area (Å²) in [5, 5.41) is 3.08. The van der Waals surface area contributed by atoms with E-state index in [4.69, 9.17) is 18.9 Å². The van der Waals surface area contributed by atoms with Gasteiger partial charge in [0.05, 0.1) is 26.7 Å². The van der Waals surface area contributed by atoms with Gasteiger partial charge >= 0.3 is 0 Å². The summed E-state index contributed by atoms with van der Waals surface area (Å²) in [6.45, 7) is 4.01. The smallest absolute Gasteiger partial charge is 0.251 e. The van der Waals surface area contributed by atoms with E-state index < -0.39 is 6.04 Å². The number of anilines is 1. The van der Waals surface area contributed by atoms with Crippen molar-refractivity contribution in [2.24, 2.45) is 0 Å². The van der Waals surface area contributed by atoms with Crippen LogP contribution in [0.4, 0.5) is 5.69 Å². The number of likely N-dealkylation sites (tertiary alicyclic amines) is 1. The van der Waals surface area contributed by atoms with Crippen LogP contribution in [-0.2, 0) is 9.59 Å². The molecular formula is C28H28N2O6. The lowest BCUT2D eigenvalue weighted by Crippen LogP contribution is -2.51. The Balaban J connectivity index is 1.55. The molecule has 1 N–H and O–H groups in total. The number of amides is 2. The number of hydrogen-bond donors (Lipinski definition) is 1. The molecule has 1 saturated heterocycles. The topological polar surface area (TPSA) is 86.3 Å². The molecule has 5 rings (SSSR count). The second-order valence-corrected chi connectivity index (χ2v) is 8.91. The Morgan fingerprint density at radius 1 is 0.972 bits per heavy atom. The van der Waals surface area contributed by atoms with Crippen molar-refractivity contribution in [3.05, 3.63) is 76.9 Å². The van der Waals surface area contributed by atoms with E-state index in [2.05, 4.69) is 5.32 Å². The molecule has 0 spiro atoms. The molecule has 8 nitrogen and oxygen atoms in total. The van der Waals surface area contributed by atoms with E-state index in [0.29, 0.717) is 28.6 Å². The van der Waals surface area contributed by atoms with Gasteiger partial charge in [-0.05, 0) is 60.4 Å². The standard InChI is InChI=1S/C28H28N2O6/c1-16-6-5-7-17(2)26(16)29-28(32)27(19-9-11-22-24(13-19)36-15-35-22)30-20(14-25(30)31)18-8-10-21(33-3)23(12-18)34-4/h5-13,20,27H,14-15H2,1-4H3,(H,29,32)/t20-,27+/m0/s1. The third-order valence-electron chi connectivity index (χ3n) is 6.75. The first-order valence-corrected chi connectivity index (χ1v) is 11.7. The SMILES string of the molecule is COc1ccc([C@@H]2CC(=O)N2[C@@H](C(=O)Nc2c(C)cccc2C)c2ccc3c(c2)OCO3)cc1OC. The molecule has 2 atom stereocenters. The van der Waals surface area contributed by atoms with Crippen molar-refractivity contribution in [1.82, 2.24) is 4.90 Å². The molecule has 0 aromatic heterocycles. The van der Waals surface area contributed by atoms with Crippen LogP contribution in [0.2, 0.25) is 0 Å². The first-order valence-electron chi connectivity index (χ1n) is 11.7. The summed E-state index contributed by atoms with van der Waals surface area (Å²) in [4.78, 5) is 28.6. The predicted octanol–water partition coefficient (Wildman–Crippen LogP) is 4.70. The van der Waals surface area contributed by atoms with E-state index >= 15 is 0 Å². The van der Waals surface area contributed by atoms with Gasteiger partial charge in [-0.1, -0.05) is 30.3 Å². The lowest BCUT2D eigenvalue weighted by atomic mass is 9.88. The molecule has 2 aliphatic rings. The minimum Gasteiger partial charge on any atom is -0.493 e. The molecule has 0 saturated carbocycles. The third-order valence-corrected chi connectivity index (χ3v) is 6.75. The Hall–Kier alpha value is -4.20. The van der Waals surface area contributed by atoms with Crippen molar-refractivity contribution in [3.8, 4) is 23.0 Å². The monoisotopic (exact) mass is 488 g/mol. The summed E-state index contributed by atoms with van der Waals surface area (Å²) in [5.41, 5.74) is 4.13. The molecule has 2 amide bonds. The predicted molar refractivity (Wildman–Crippen MR) is 134 cm³/mol. The quantitative estimate of drug-likeness (QED) is 0.485. The summed E-state index contributed by atoms with van der Waals surface area (Å²) in [7, 11) is 3.14. The number of β-lactam (4-membered cyclic amide) rings is 1. The highest BCUT2D eigenvalue weighted by Crippen LogP contribution is 2.45. The average molecular weight is 489 g/mol. The fraction of sp³-hybridized carbons (Fsp3) is 0.286. The van der Waals surface area contributed by atoms with Crippen molar-refractivity contribution in [3.63, 3.8) is 0 Å². The Labute approximate surface area is 209 Å². The zero-order chi connectivity index (χ0) is 25.4. The van der Waals surface area contributed by atoms with Crippen molar-refractivity contribution < 1.29 is 28.5 Å². The highest BCUT2D eigenvalue weighted by Gasteiger charge is 2.45. The number of methoxy groups -OCH3 is 2. The van der Waals surface area contributed by atoms with Crippen molar-refractivity contribution in [1.29, 1.82) is 0 Å². The molecule has 2 heterocycles. The average Bonchev–Trinajstić information content (AvgIpc) is 3.35. The van der Waals surface area contributed by atoms with Gasteiger partial charge in [-0.3, -0.25) is 9.59 Å². The second kappa shape index (κ2) is 9.45. The van der Waals surface area contributed by atoms with Crippen LogP contribution in [0, 0.1) is 13.8 Å². The van der Waals surface area contributed by atoms with Crippen molar-refractivity contribution in [2.75, 3.05) is 26.3 Å². The molecule has 0 unspecified atom stereocenters. The number of rotatable bonds is 7. The van der Waals surface area contributed by atoms with E-state index in [0.717, 1.165) is 22.4 Å². The number of ether oxygens (including phenoxy) is 4. The van der Waals surface area contributed by atoms with Gasteiger partial charge in [-0.15, -0.1) is 0 Å². The molecule has 0 aliphatic carbocycles. The fourth-order valence-electron chi connectivity index (χ4n) is 4.82. The highest BCUT2D eigenvalue weighted by atomic mass is 16.7. The van der Waals surface area contributed by atoms with Crippen LogP contribution < -0.4 is 24.3 Å². The summed E-state index contributed by atoms with van der Waals surface area (Å²) in [6, 6.07) is 15.5. The highest BCUT2D eigenvalue weighted by molar-refractivity contribution is 6.00. The Morgan fingerprint density at radius 3 is 2.39 bits per heavy atom. The Bertz CT molecular complexity index is 1320. The lowest BCUT2D eigenvalue weighted by Gasteiger charge is -2.45. The summed E-state index contributed by atoms with van der Waals surface area (Å²) in [5.74, 6) is 1.90. The fourth-order valence-corrected chi connectivity index (χ4v) is 4.82. The molecule has 36 heavy (non-hydrogen) atoms. The first-order chi connectivity index (χ1) is 17.4. The summed E-state index contributed by atoms with van der Waals surface area (Å²) >= 11 is 0. The van der Waals surface area contributed by atoms with Crippen LogP contribution in [-0.4, -0.2) is 37.7 Å². The number of aryl methyl sites for hydroxylation is 2. The van der Waals surface area contributed by atoms with Crippen LogP contribution in [0.25, 0.3) is 0 Å². The largest absolute Gasteiger partial charge is 0.493 e. The molecular weight excluding hydrogens is 460 g/mol. The van der Waals surface area contributed by atoms with Gasteiger partial charge in [-0.25, -0.2) is 0 Å². The number of nitrogens with one attached hydrogen (secondary N) is 1. The summed E-state index contributed by atoms with van der Waals surface area (Å²) in [6.07, 6.45) is 0.285. The van der Waals surface area contributed by atoms with Crippen LogP contribution in [0.5, 0.6) is 23.0 Å². The molecule has 0 radical (unpaired) electrons. The summed E-state index contributed by atoms with van der Waals surface area (Å²) < 4.78 is 21.8. The number of carbonyl (C=O) groups is 2. The van der Waals surface area contributed by atoms with Gasteiger partial charge in [0.15, 0.2) is 23.0 Å². The Morgan fingerprint density at radius 2 is 1.69 bits per heavy atom. The second-order valence-electron chi connectivity index (χ2n) is 8.91. The lowest BCUT2D eigenvalue weighted by molar-refractivity contribution is -0.154. The van der Waals surface area contributed by atoms with E-state index in [9.17, 15) is 9.59 Å². The van der Waals surface area contributed by atoms with Gasteiger partial charge in [0.2, 0.25) is 12.7 Å². The van der Waals surface area contributed by atoms with Gasteiger partial charge < -0.3 is 29.2 Å². The van der Waals surface area contributed by atoms with Crippen LogP contribution in [0.1, 0.15) is 40.8 Å². The van der Waals surface area contributed by atoms with Gasteiger partial charge in [-0.2, -0.15) is 0 Å². The van der Waals surface area contributed by atoms with Gasteiger partial charge in [0, 0.05) is 5.69 Å². The maximum absolute atomic E-state index is 13.9. The zero-order valence-electron chi connectivity index (χ0n) is 20.7. The maximum atomic E-state index is 13.9. The molecule has 3 aromatic rings. The number of benzene rings is 3. The minimum atomic E-state index is -0.877. The normalized spacial score (nSPS) is 16.8. The van der Waals surface area contributed by atoms with E-state index in [1.165, 1.54) is 0 Å². The van der Waals surface area contributed by atoms with Crippen molar-refractivity contribution >= 4 is 17.5 Å². The molecule has 8 heteroatoms. The molecule has 0 bridgehead atoms. The molecule has 3 aromatic carbocycles. The van der Waals surface area contributed by atoms with Crippen molar-refractivity contribution in [2.45, 2.75) is 32.4 Å². The van der Waals surface area contributed by atoms with Crippen LogP contribution >= 0.6 is 0 Å². The Kier molecular flexibility index (Phi) is 6.18. The maximum Gasteiger partial charge on any atom is 0.251 e. The number of hydrogen-bond acceptors (Lipinski definition) is 6. The third kappa shape index (κ3) is 4.08. The van der Waals surface area contributed by atoms with E-state index in [-0.39, 0.29) is 31.1 Å². The zero-order valence-corrected chi connectivity index (χ0v) is 20.7. The van der Waals surface area contributed by atoms with Gasteiger partial charge in [0.25, 0.3) is 5.91 Å². The molecule has 186 valence electrons. The van der Waals surface area contributed by atoms with E-state index in [1.54, 1.807) is 37.3 Å². The van der Waals surface area contributed by atoms with Gasteiger partial charge in [0.1, 0.15) is 6.04 Å². The number of para-hydroxylation sites is 1. The first kappa shape index (κ1) is 23.5. The number of fused-ring (bicyclic) bond motifs is 1.